The second-order valence-corrected chi connectivity index (χ2v) is 5.75. The van der Waals surface area contributed by atoms with Gasteiger partial charge in [0.05, 0.1) is 12.0 Å². The lowest BCUT2D eigenvalue weighted by molar-refractivity contribution is 0.104. The molecule has 0 saturated heterocycles. The number of ketones is 1. The van der Waals surface area contributed by atoms with Gasteiger partial charge in [0.2, 0.25) is 5.78 Å². The lowest BCUT2D eigenvalue weighted by Crippen LogP contribution is -2.03. The molecule has 0 spiro atoms. The third-order valence-corrected chi connectivity index (χ3v) is 4.45. The molecule has 2 aromatic rings. The van der Waals surface area contributed by atoms with Crippen molar-refractivity contribution in [1.29, 1.82) is 0 Å². The van der Waals surface area contributed by atoms with Gasteiger partial charge in [0.1, 0.15) is 5.75 Å². The van der Waals surface area contributed by atoms with Crippen LogP contribution in [0.3, 0.4) is 0 Å². The smallest absolute Gasteiger partial charge is 0.203 e. The van der Waals surface area contributed by atoms with Crippen molar-refractivity contribution in [2.24, 2.45) is 0 Å². The summed E-state index contributed by atoms with van der Waals surface area (Å²) < 4.78 is 5.28. The van der Waals surface area contributed by atoms with E-state index in [0.717, 1.165) is 33.7 Å². The molecule has 0 N–H and O–H groups in total. The zero-order valence-electron chi connectivity index (χ0n) is 11.7. The average molecular weight is 274 g/mol. The fourth-order valence-corrected chi connectivity index (χ4v) is 2.98. The minimum absolute atomic E-state index is 0.105. The van der Waals surface area contributed by atoms with Gasteiger partial charge in [-0.25, -0.2) is 0 Å². The highest BCUT2D eigenvalue weighted by molar-refractivity contribution is 7.14. The zero-order chi connectivity index (χ0) is 14.0. The molecule has 0 atom stereocenters. The third kappa shape index (κ3) is 2.71. The summed E-state index contributed by atoms with van der Waals surface area (Å²) in [7, 11) is 1.65. The Morgan fingerprint density at radius 3 is 2.53 bits per heavy atom. The number of aryl methyl sites for hydroxylation is 3. The van der Waals surface area contributed by atoms with Crippen LogP contribution in [0.25, 0.3) is 0 Å². The molecule has 0 saturated carbocycles. The molecular weight excluding hydrogens is 256 g/mol. The summed E-state index contributed by atoms with van der Waals surface area (Å²) in [5, 5.41) is 0. The number of benzene rings is 1. The average Bonchev–Trinajstić information content (AvgIpc) is 2.89. The summed E-state index contributed by atoms with van der Waals surface area (Å²) in [5.74, 6) is 0.933. The Balaban J connectivity index is 2.41. The maximum absolute atomic E-state index is 12.5. The lowest BCUT2D eigenvalue weighted by atomic mass is 10.0. The number of rotatable bonds is 4. The molecule has 3 heteroatoms. The second-order valence-electron chi connectivity index (χ2n) is 4.59. The molecule has 0 radical (unpaired) electrons. The van der Waals surface area contributed by atoms with Crippen LogP contribution in [0.5, 0.6) is 5.75 Å². The monoisotopic (exact) mass is 274 g/mol. The normalized spacial score (nSPS) is 10.5. The number of ether oxygens (including phenoxy) is 1. The van der Waals surface area contributed by atoms with Crippen molar-refractivity contribution in [1.82, 2.24) is 0 Å². The van der Waals surface area contributed by atoms with E-state index in [1.807, 2.05) is 38.1 Å². The zero-order valence-corrected chi connectivity index (χ0v) is 12.6. The van der Waals surface area contributed by atoms with Gasteiger partial charge < -0.3 is 4.74 Å². The highest BCUT2D eigenvalue weighted by Gasteiger charge is 2.15. The van der Waals surface area contributed by atoms with Crippen molar-refractivity contribution in [3.63, 3.8) is 0 Å². The largest absolute Gasteiger partial charge is 0.496 e. The first-order valence-corrected chi connectivity index (χ1v) is 7.17. The van der Waals surface area contributed by atoms with Crippen molar-refractivity contribution >= 4 is 17.1 Å². The van der Waals surface area contributed by atoms with E-state index in [0.29, 0.717) is 0 Å². The van der Waals surface area contributed by atoms with Crippen molar-refractivity contribution in [2.45, 2.75) is 27.2 Å². The molecule has 0 aliphatic heterocycles. The summed E-state index contributed by atoms with van der Waals surface area (Å²) in [5.41, 5.74) is 2.71. The summed E-state index contributed by atoms with van der Waals surface area (Å²) in [4.78, 5) is 14.6. The maximum Gasteiger partial charge on any atom is 0.203 e. The van der Waals surface area contributed by atoms with E-state index >= 15 is 0 Å². The Morgan fingerprint density at radius 1 is 1.21 bits per heavy atom. The first-order valence-electron chi connectivity index (χ1n) is 6.35. The maximum atomic E-state index is 12.5. The third-order valence-electron chi connectivity index (χ3n) is 3.22. The molecule has 2 rings (SSSR count). The SMILES string of the molecule is CCc1ccc(C(=O)c2cc(C)c(OC)cc2C)s1. The van der Waals surface area contributed by atoms with Crippen LogP contribution in [-0.4, -0.2) is 12.9 Å². The summed E-state index contributed by atoms with van der Waals surface area (Å²) in [6.45, 7) is 6.01. The first kappa shape index (κ1) is 13.8. The van der Waals surface area contributed by atoms with E-state index in [4.69, 9.17) is 4.74 Å². The van der Waals surface area contributed by atoms with Gasteiger partial charge in [-0.3, -0.25) is 4.79 Å². The van der Waals surface area contributed by atoms with Crippen LogP contribution in [0.1, 0.15) is 38.2 Å². The van der Waals surface area contributed by atoms with Crippen LogP contribution in [-0.2, 0) is 6.42 Å². The van der Waals surface area contributed by atoms with E-state index < -0.39 is 0 Å². The van der Waals surface area contributed by atoms with Crippen molar-refractivity contribution < 1.29 is 9.53 Å². The second kappa shape index (κ2) is 5.57. The Morgan fingerprint density at radius 2 is 1.95 bits per heavy atom. The van der Waals surface area contributed by atoms with Gasteiger partial charge in [0, 0.05) is 10.4 Å². The fourth-order valence-electron chi connectivity index (χ4n) is 2.08. The fraction of sp³-hybridized carbons (Fsp3) is 0.312. The predicted octanol–water partition coefficient (Wildman–Crippen LogP) is 4.17. The molecule has 0 unspecified atom stereocenters. The van der Waals surface area contributed by atoms with Crippen LogP contribution in [0.2, 0.25) is 0 Å². The molecule has 0 aliphatic rings. The van der Waals surface area contributed by atoms with Gasteiger partial charge in [-0.1, -0.05) is 6.92 Å². The molecule has 2 nitrogen and oxygen atoms in total. The minimum atomic E-state index is 0.105. The quantitative estimate of drug-likeness (QED) is 0.782. The van der Waals surface area contributed by atoms with Crippen LogP contribution in [0, 0.1) is 13.8 Å². The van der Waals surface area contributed by atoms with Crippen LogP contribution >= 0.6 is 11.3 Å². The lowest BCUT2D eigenvalue weighted by Gasteiger charge is -2.09. The number of carbonyl (C=O) groups excluding carboxylic acids is 1. The van der Waals surface area contributed by atoms with E-state index in [2.05, 4.69) is 6.92 Å². The van der Waals surface area contributed by atoms with Gasteiger partial charge in [-0.2, -0.15) is 0 Å². The van der Waals surface area contributed by atoms with E-state index in [1.54, 1.807) is 18.4 Å². The summed E-state index contributed by atoms with van der Waals surface area (Å²) in [6, 6.07) is 7.80. The minimum Gasteiger partial charge on any atom is -0.496 e. The Hall–Kier alpha value is -1.61. The van der Waals surface area contributed by atoms with Crippen LogP contribution in [0.15, 0.2) is 24.3 Å². The van der Waals surface area contributed by atoms with E-state index in [9.17, 15) is 4.79 Å². The number of methoxy groups -OCH3 is 1. The van der Waals surface area contributed by atoms with Crippen LogP contribution in [0.4, 0.5) is 0 Å². The molecule has 0 bridgehead atoms. The van der Waals surface area contributed by atoms with Gasteiger partial charge in [0.25, 0.3) is 0 Å². The summed E-state index contributed by atoms with van der Waals surface area (Å²) in [6.07, 6.45) is 0.971. The van der Waals surface area contributed by atoms with Gasteiger partial charge >= 0.3 is 0 Å². The van der Waals surface area contributed by atoms with E-state index in [-0.39, 0.29) is 5.78 Å². The molecule has 0 aliphatic carbocycles. The van der Waals surface area contributed by atoms with Crippen molar-refractivity contribution in [2.75, 3.05) is 7.11 Å². The Kier molecular flexibility index (Phi) is 4.05. The number of hydrogen-bond acceptors (Lipinski definition) is 3. The molecule has 0 fully saturated rings. The Bertz CT molecular complexity index is 611. The topological polar surface area (TPSA) is 26.3 Å². The molecule has 1 aromatic heterocycles. The number of carbonyl (C=O) groups is 1. The first-order chi connectivity index (χ1) is 9.06. The molecular formula is C16H18O2S. The van der Waals surface area contributed by atoms with Crippen molar-refractivity contribution in [3.8, 4) is 5.75 Å². The number of thiophene rings is 1. The van der Waals surface area contributed by atoms with Gasteiger partial charge in [0.15, 0.2) is 0 Å². The molecule has 1 aromatic carbocycles. The van der Waals surface area contributed by atoms with E-state index in [1.165, 1.54) is 4.88 Å². The molecule has 19 heavy (non-hydrogen) atoms. The standard InChI is InChI=1S/C16H18O2S/c1-5-12-6-7-15(19-12)16(17)13-8-11(3)14(18-4)9-10(13)2/h6-9H,5H2,1-4H3. The predicted molar refractivity (Wildman–Crippen MR) is 79.6 cm³/mol. The number of hydrogen-bond donors (Lipinski definition) is 0. The highest BCUT2D eigenvalue weighted by atomic mass is 32.1. The summed E-state index contributed by atoms with van der Waals surface area (Å²) >= 11 is 1.58. The van der Waals surface area contributed by atoms with Gasteiger partial charge in [-0.05, 0) is 55.7 Å². The Labute approximate surface area is 118 Å². The molecule has 0 amide bonds. The highest BCUT2D eigenvalue weighted by Crippen LogP contribution is 2.26. The van der Waals surface area contributed by atoms with Crippen molar-refractivity contribution in [3.05, 3.63) is 50.7 Å². The molecule has 1 heterocycles. The molecule has 100 valence electrons. The van der Waals surface area contributed by atoms with Gasteiger partial charge in [-0.15, -0.1) is 11.3 Å². The van der Waals surface area contributed by atoms with Crippen LogP contribution < -0.4 is 4.74 Å².